The summed E-state index contributed by atoms with van der Waals surface area (Å²) in [5.41, 5.74) is 1.66. The molecule has 8 aromatic rings. The first-order valence-electron chi connectivity index (χ1n) is 22.4. The molecule has 0 aliphatic heterocycles. The summed E-state index contributed by atoms with van der Waals surface area (Å²) in [6.07, 6.45) is -0.301. The Hall–Kier alpha value is -8.42. The fourth-order valence-electron chi connectivity index (χ4n) is 7.61. The number of aryl methyl sites for hydroxylation is 2. The Morgan fingerprint density at radius 1 is 0.554 bits per heavy atom. The summed E-state index contributed by atoms with van der Waals surface area (Å²) >= 11 is 0. The third-order valence-electron chi connectivity index (χ3n) is 11.8. The molecule has 4 atom stereocenters. The molecule has 0 unspecified atom stereocenters. The van der Waals surface area contributed by atoms with Crippen LogP contribution < -0.4 is 18.9 Å². The second kappa shape index (κ2) is 22.6. The molecule has 0 amide bonds. The Bertz CT molecular complexity index is 3300. The normalized spacial score (nSPS) is 13.1. The molecule has 74 heavy (non-hydrogen) atoms. The zero-order chi connectivity index (χ0) is 53.5. The van der Waals surface area contributed by atoms with E-state index in [9.17, 15) is 27.0 Å². The lowest BCUT2D eigenvalue weighted by Gasteiger charge is -2.20. The third kappa shape index (κ3) is 11.1. The summed E-state index contributed by atoms with van der Waals surface area (Å²) in [7, 11) is -2.06. The van der Waals surface area contributed by atoms with Gasteiger partial charge in [0.2, 0.25) is 11.6 Å². The van der Waals surface area contributed by atoms with Gasteiger partial charge in [-0.1, -0.05) is 12.1 Å². The lowest BCUT2D eigenvalue weighted by atomic mass is 10.1. The van der Waals surface area contributed by atoms with Crippen molar-refractivity contribution in [2.75, 3.05) is 28.4 Å². The molecule has 0 spiro atoms. The number of hydrogen-bond acceptors (Lipinski definition) is 20. The van der Waals surface area contributed by atoms with E-state index in [1.807, 2.05) is 12.1 Å². The van der Waals surface area contributed by atoms with Crippen LogP contribution in [0, 0.1) is 36.5 Å². The molecule has 2 N–H and O–H groups in total. The number of nitriles is 2. The van der Waals surface area contributed by atoms with Gasteiger partial charge in [-0.15, -0.1) is 20.4 Å². The zero-order valence-corrected chi connectivity index (χ0v) is 42.9. The van der Waals surface area contributed by atoms with E-state index in [-0.39, 0.29) is 34.7 Å². The number of aromatic nitrogens is 8. The molecule has 24 heteroatoms. The van der Waals surface area contributed by atoms with Gasteiger partial charge in [0.1, 0.15) is 81.7 Å². The van der Waals surface area contributed by atoms with E-state index in [0.29, 0.717) is 68.5 Å². The molecular weight excluding hydrogens is 997 g/mol. The lowest BCUT2D eigenvalue weighted by molar-refractivity contribution is 0.170. The van der Waals surface area contributed by atoms with Crippen LogP contribution >= 0.6 is 0 Å². The minimum Gasteiger partial charge on any atom is -0.494 e. The molecular formula is C50H50N10O12S2. The predicted molar refractivity (Wildman–Crippen MR) is 266 cm³/mol. The van der Waals surface area contributed by atoms with E-state index < -0.39 is 53.9 Å². The number of methoxy groups -OCH3 is 4. The number of rotatable bonds is 18. The van der Waals surface area contributed by atoms with E-state index in [2.05, 4.69) is 30.4 Å². The van der Waals surface area contributed by atoms with Crippen molar-refractivity contribution in [2.24, 2.45) is 0 Å². The molecule has 0 fully saturated rings. The Morgan fingerprint density at radius 3 is 1.18 bits per heavy atom. The van der Waals surface area contributed by atoms with Crippen LogP contribution in [0.1, 0.15) is 71.7 Å². The molecule has 22 nitrogen and oxygen atoms in total. The molecule has 2 aromatic carbocycles. The standard InChI is InChI=1S/2C25H25N5O6S/c2*1-15-8-11-21(36-15)25-29-28-22(30(25)23-19(34-3)6-5-7-20(23)35-4)14-37(32,33)16(2)24(31)18-10-9-17(12-26)13-27-18/h2*5-11,13,16,24,31H,14H2,1-4H3/t2*16-,24+/m10/s1. The summed E-state index contributed by atoms with van der Waals surface area (Å²) < 4.78 is 90.6. The van der Waals surface area contributed by atoms with Crippen LogP contribution in [0.5, 0.6) is 23.0 Å². The predicted octanol–water partition coefficient (Wildman–Crippen LogP) is 6.31. The van der Waals surface area contributed by atoms with Gasteiger partial charge in [0.25, 0.3) is 0 Å². The molecule has 8 rings (SSSR count). The highest BCUT2D eigenvalue weighted by Crippen LogP contribution is 2.39. The summed E-state index contributed by atoms with van der Waals surface area (Å²) in [5.74, 6) is 3.14. The molecule has 0 aliphatic carbocycles. The number of nitrogens with zero attached hydrogens (tertiary/aromatic N) is 10. The largest absolute Gasteiger partial charge is 0.494 e. The first kappa shape index (κ1) is 53.4. The van der Waals surface area contributed by atoms with E-state index in [4.69, 9.17) is 38.3 Å². The van der Waals surface area contributed by atoms with Crippen LogP contribution in [-0.2, 0) is 31.2 Å². The number of para-hydroxylation sites is 2. The summed E-state index contributed by atoms with van der Waals surface area (Å²) in [6, 6.07) is 26.9. The Labute approximate surface area is 425 Å². The average molecular weight is 1050 g/mol. The van der Waals surface area contributed by atoms with Crippen molar-refractivity contribution in [3.8, 4) is 69.7 Å². The van der Waals surface area contributed by atoms with Gasteiger partial charge >= 0.3 is 0 Å². The zero-order valence-electron chi connectivity index (χ0n) is 41.2. The molecule has 384 valence electrons. The quantitative estimate of drug-likeness (QED) is 0.0950. The van der Waals surface area contributed by atoms with Crippen LogP contribution in [0.4, 0.5) is 0 Å². The highest BCUT2D eigenvalue weighted by Gasteiger charge is 2.36. The van der Waals surface area contributed by atoms with Gasteiger partial charge in [-0.05, 0) is 100 Å². The summed E-state index contributed by atoms with van der Waals surface area (Å²) in [4.78, 5) is 8.06. The Balaban J connectivity index is 0.000000216. The van der Waals surface area contributed by atoms with Crippen molar-refractivity contribution < 1.29 is 54.8 Å². The van der Waals surface area contributed by atoms with Crippen LogP contribution in [0.15, 0.2) is 106 Å². The van der Waals surface area contributed by atoms with Gasteiger partial charge in [0.15, 0.2) is 42.8 Å². The summed E-state index contributed by atoms with van der Waals surface area (Å²) in [6.45, 7) is 6.33. The molecule has 6 aromatic heterocycles. The van der Waals surface area contributed by atoms with Crippen molar-refractivity contribution in [3.63, 3.8) is 0 Å². The van der Waals surface area contributed by atoms with Gasteiger partial charge in [0, 0.05) is 12.4 Å². The second-order valence-electron chi connectivity index (χ2n) is 16.5. The van der Waals surface area contributed by atoms with Crippen molar-refractivity contribution in [1.29, 1.82) is 10.5 Å². The lowest BCUT2D eigenvalue weighted by Crippen LogP contribution is -2.28. The minimum atomic E-state index is -4.00. The number of ether oxygens (including phenoxy) is 4. The number of pyridine rings is 2. The number of benzene rings is 2. The number of sulfone groups is 2. The van der Waals surface area contributed by atoms with E-state index >= 15 is 0 Å². The van der Waals surface area contributed by atoms with Gasteiger partial charge in [-0.25, -0.2) is 16.8 Å². The van der Waals surface area contributed by atoms with Crippen LogP contribution in [0.2, 0.25) is 0 Å². The molecule has 0 saturated carbocycles. The van der Waals surface area contributed by atoms with E-state index in [1.54, 1.807) is 74.5 Å². The van der Waals surface area contributed by atoms with Crippen LogP contribution in [-0.4, -0.2) is 105 Å². The third-order valence-corrected chi connectivity index (χ3v) is 15.9. The minimum absolute atomic E-state index is 0.0682. The number of aliphatic hydroxyl groups excluding tert-OH is 2. The molecule has 0 bridgehead atoms. The maximum Gasteiger partial charge on any atom is 0.204 e. The van der Waals surface area contributed by atoms with Gasteiger partial charge in [-0.3, -0.25) is 19.1 Å². The topological polar surface area (TPSA) is 307 Å². The van der Waals surface area contributed by atoms with Crippen molar-refractivity contribution in [1.82, 2.24) is 39.5 Å². The molecule has 0 radical (unpaired) electrons. The smallest absolute Gasteiger partial charge is 0.204 e. The van der Waals surface area contributed by atoms with Crippen molar-refractivity contribution >= 4 is 19.7 Å². The van der Waals surface area contributed by atoms with Crippen LogP contribution in [0.3, 0.4) is 0 Å². The Morgan fingerprint density at radius 2 is 0.905 bits per heavy atom. The summed E-state index contributed by atoms with van der Waals surface area (Å²) in [5, 5.41) is 53.8. The van der Waals surface area contributed by atoms with Gasteiger partial charge in [-0.2, -0.15) is 10.5 Å². The first-order chi connectivity index (χ1) is 35.4. The SMILES string of the molecule is COc1cccc(OC)c1-n1c(CS(=O)(=O)[C@@H](C)[C@@H](O)c2ccc(C#N)cn2)nnc1-c1ccc(C)o1.COc1cccc(OC)c1-n1c(CS(=O)(=O)[C@H](C)[C@H](O)c2ccc(C#N)cn2)nnc1-c1ccc(C)o1. The van der Waals surface area contributed by atoms with Gasteiger partial charge < -0.3 is 38.0 Å². The number of aliphatic hydroxyl groups is 2. The van der Waals surface area contributed by atoms with Crippen molar-refractivity contribution in [2.45, 2.75) is 61.9 Å². The molecule has 0 aliphatic rings. The highest BCUT2D eigenvalue weighted by atomic mass is 32.2. The Kier molecular flexibility index (Phi) is 16.3. The monoisotopic (exact) mass is 1050 g/mol. The maximum atomic E-state index is 13.5. The maximum absolute atomic E-state index is 13.5. The fraction of sp³-hybridized carbons (Fsp3) is 0.280. The second-order valence-corrected chi connectivity index (χ2v) is 21.2. The van der Waals surface area contributed by atoms with Gasteiger partial charge in [0.05, 0.1) is 61.5 Å². The van der Waals surface area contributed by atoms with Crippen molar-refractivity contribution in [3.05, 3.63) is 143 Å². The average Bonchev–Trinajstić information content (AvgIpc) is 4.24. The van der Waals surface area contributed by atoms with E-state index in [0.717, 1.165) is 0 Å². The van der Waals surface area contributed by atoms with Crippen LogP contribution in [0.25, 0.3) is 34.5 Å². The molecule has 6 heterocycles. The van der Waals surface area contributed by atoms with E-state index in [1.165, 1.54) is 88.1 Å². The molecule has 0 saturated heterocycles. The number of furan rings is 2. The number of hydrogen-bond donors (Lipinski definition) is 2. The first-order valence-corrected chi connectivity index (χ1v) is 25.8. The highest BCUT2D eigenvalue weighted by molar-refractivity contribution is 7.91. The fourth-order valence-corrected chi connectivity index (χ4v) is 10.3.